The van der Waals surface area contributed by atoms with Gasteiger partial charge in [0.1, 0.15) is 12.6 Å². The maximum atomic E-state index is 12.3. The van der Waals surface area contributed by atoms with E-state index in [-0.39, 0.29) is 12.3 Å². The molecule has 5 nitrogen and oxygen atoms in total. The van der Waals surface area contributed by atoms with Crippen LogP contribution in [0.5, 0.6) is 0 Å². The van der Waals surface area contributed by atoms with Gasteiger partial charge in [-0.05, 0) is 6.92 Å². The summed E-state index contributed by atoms with van der Waals surface area (Å²) in [5.74, 6) is 0. The van der Waals surface area contributed by atoms with Gasteiger partial charge in [0.2, 0.25) is 0 Å². The van der Waals surface area contributed by atoms with E-state index in [0.717, 1.165) is 11.3 Å². The molecule has 0 bridgehead atoms. The van der Waals surface area contributed by atoms with Gasteiger partial charge < -0.3 is 4.74 Å². The maximum Gasteiger partial charge on any atom is 0.331 e. The molecule has 0 radical (unpaired) electrons. The van der Waals surface area contributed by atoms with E-state index in [2.05, 4.69) is 4.98 Å². The quantitative estimate of drug-likeness (QED) is 0.786. The number of hydrogen-bond donors (Lipinski definition) is 0. The molecule has 1 aromatic carbocycles. The second-order valence-corrected chi connectivity index (χ2v) is 4.48. The number of ether oxygens (including phenoxy) is 1. The molecule has 1 amide bonds. The van der Waals surface area contributed by atoms with Gasteiger partial charge in [0.25, 0.3) is 0 Å². The van der Waals surface area contributed by atoms with Crippen LogP contribution < -0.4 is 0 Å². The summed E-state index contributed by atoms with van der Waals surface area (Å²) in [4.78, 5) is 18.2. The highest BCUT2D eigenvalue weighted by Crippen LogP contribution is 2.17. The first-order chi connectivity index (χ1) is 9.25. The van der Waals surface area contributed by atoms with Crippen molar-refractivity contribution in [3.05, 3.63) is 42.9 Å². The van der Waals surface area contributed by atoms with Crippen molar-refractivity contribution in [1.29, 1.82) is 0 Å². The van der Waals surface area contributed by atoms with Crippen LogP contribution in [0, 0.1) is 0 Å². The van der Waals surface area contributed by atoms with Gasteiger partial charge in [0.05, 0.1) is 12.3 Å². The Balaban J connectivity index is 1.83. The van der Waals surface area contributed by atoms with Crippen LogP contribution >= 0.6 is 0 Å². The molecule has 2 aromatic rings. The van der Waals surface area contributed by atoms with Gasteiger partial charge in [0.15, 0.2) is 0 Å². The van der Waals surface area contributed by atoms with Crippen molar-refractivity contribution >= 4 is 6.03 Å². The van der Waals surface area contributed by atoms with Crippen molar-refractivity contribution in [3.63, 3.8) is 0 Å². The molecule has 1 aromatic heterocycles. The van der Waals surface area contributed by atoms with Gasteiger partial charge in [-0.1, -0.05) is 30.3 Å². The fraction of sp³-hybridized carbons (Fsp3) is 0.286. The topological polar surface area (TPSA) is 47.4 Å². The van der Waals surface area contributed by atoms with E-state index in [4.69, 9.17) is 4.74 Å². The highest BCUT2D eigenvalue weighted by Gasteiger charge is 2.27. The maximum absolute atomic E-state index is 12.3. The van der Waals surface area contributed by atoms with Gasteiger partial charge in [-0.2, -0.15) is 0 Å². The first kappa shape index (κ1) is 11.9. The molecule has 1 aliphatic rings. The van der Waals surface area contributed by atoms with Gasteiger partial charge in [-0.25, -0.2) is 9.78 Å². The van der Waals surface area contributed by atoms with E-state index in [1.165, 1.54) is 4.57 Å². The summed E-state index contributed by atoms with van der Waals surface area (Å²) in [5, 5.41) is 0. The molecular formula is C14H15N3O2. The van der Waals surface area contributed by atoms with Crippen LogP contribution in [0.15, 0.2) is 42.9 Å². The largest absolute Gasteiger partial charge is 0.357 e. The molecule has 1 saturated heterocycles. The van der Waals surface area contributed by atoms with Crippen molar-refractivity contribution in [2.45, 2.75) is 13.2 Å². The van der Waals surface area contributed by atoms with Gasteiger partial charge in [-0.3, -0.25) is 9.47 Å². The minimum Gasteiger partial charge on any atom is -0.357 e. The minimum absolute atomic E-state index is 0.0975. The van der Waals surface area contributed by atoms with E-state index in [9.17, 15) is 4.79 Å². The highest BCUT2D eigenvalue weighted by molar-refractivity contribution is 5.78. The fourth-order valence-electron chi connectivity index (χ4n) is 2.18. The summed E-state index contributed by atoms with van der Waals surface area (Å²) < 4.78 is 6.88. The number of carbonyl (C=O) groups excluding carboxylic acids is 1. The van der Waals surface area contributed by atoms with Crippen molar-refractivity contribution in [2.24, 2.45) is 0 Å². The third-order valence-electron chi connectivity index (χ3n) is 3.25. The fourth-order valence-corrected chi connectivity index (χ4v) is 2.18. The average molecular weight is 257 g/mol. The third-order valence-corrected chi connectivity index (χ3v) is 3.25. The third kappa shape index (κ3) is 2.24. The second kappa shape index (κ2) is 4.85. The van der Waals surface area contributed by atoms with Crippen molar-refractivity contribution in [2.75, 3.05) is 13.2 Å². The second-order valence-electron chi connectivity index (χ2n) is 4.48. The number of amides is 1. The molecule has 1 aliphatic heterocycles. The minimum atomic E-state index is -0.171. The molecule has 0 spiro atoms. The number of benzene rings is 1. The average Bonchev–Trinajstić information content (AvgIpc) is 3.08. The summed E-state index contributed by atoms with van der Waals surface area (Å²) in [5.41, 5.74) is 1.79. The SMILES string of the molecule is CC1OCCN1C(=O)n1cnc(-c2ccccc2)c1. The van der Waals surface area contributed by atoms with Gasteiger partial charge >= 0.3 is 6.03 Å². The predicted molar refractivity (Wildman–Crippen MR) is 70.6 cm³/mol. The van der Waals surface area contributed by atoms with Crippen LogP contribution in [0.25, 0.3) is 11.3 Å². The lowest BCUT2D eigenvalue weighted by Gasteiger charge is -2.19. The highest BCUT2D eigenvalue weighted by atomic mass is 16.5. The predicted octanol–water partition coefficient (Wildman–Crippen LogP) is 2.20. The van der Waals surface area contributed by atoms with Gasteiger partial charge in [-0.15, -0.1) is 0 Å². The lowest BCUT2D eigenvalue weighted by molar-refractivity contribution is 0.0651. The monoisotopic (exact) mass is 257 g/mol. The number of nitrogens with zero attached hydrogens (tertiary/aromatic N) is 3. The number of imidazole rings is 1. The standard InChI is InChI=1S/C14H15N3O2/c1-11-17(7-8-19-11)14(18)16-9-13(15-10-16)12-5-3-2-4-6-12/h2-6,9-11H,7-8H2,1H3. The van der Waals surface area contributed by atoms with Crippen LogP contribution in [0.3, 0.4) is 0 Å². The van der Waals surface area contributed by atoms with E-state index >= 15 is 0 Å². The van der Waals surface area contributed by atoms with E-state index < -0.39 is 0 Å². The summed E-state index contributed by atoms with van der Waals surface area (Å²) in [6.07, 6.45) is 3.13. The molecule has 0 aliphatic carbocycles. The van der Waals surface area contributed by atoms with Crippen LogP contribution in [0.4, 0.5) is 4.79 Å². The first-order valence-electron chi connectivity index (χ1n) is 6.28. The number of carbonyl (C=O) groups is 1. The van der Waals surface area contributed by atoms with E-state index in [1.807, 2.05) is 37.3 Å². The number of hydrogen-bond acceptors (Lipinski definition) is 3. The van der Waals surface area contributed by atoms with Crippen LogP contribution in [0.2, 0.25) is 0 Å². The van der Waals surface area contributed by atoms with Crippen LogP contribution in [-0.2, 0) is 4.74 Å². The Morgan fingerprint density at radius 2 is 2.16 bits per heavy atom. The van der Waals surface area contributed by atoms with Gasteiger partial charge in [0, 0.05) is 18.3 Å². The summed E-state index contributed by atoms with van der Waals surface area (Å²) in [6, 6.07) is 9.70. The molecule has 5 heteroatoms. The van der Waals surface area contributed by atoms with Crippen molar-refractivity contribution in [3.8, 4) is 11.3 Å². The Bertz CT molecular complexity index is 579. The molecule has 1 atom stereocenters. The molecule has 2 heterocycles. The smallest absolute Gasteiger partial charge is 0.331 e. The summed E-state index contributed by atoms with van der Waals surface area (Å²) >= 11 is 0. The summed E-state index contributed by atoms with van der Waals surface area (Å²) in [7, 11) is 0. The molecule has 19 heavy (non-hydrogen) atoms. The molecule has 98 valence electrons. The Labute approximate surface area is 111 Å². The zero-order chi connectivity index (χ0) is 13.2. The lowest BCUT2D eigenvalue weighted by Crippen LogP contribution is -2.36. The van der Waals surface area contributed by atoms with Crippen LogP contribution in [0.1, 0.15) is 6.92 Å². The number of aromatic nitrogens is 2. The molecule has 0 saturated carbocycles. The Morgan fingerprint density at radius 1 is 1.37 bits per heavy atom. The van der Waals surface area contributed by atoms with Crippen molar-refractivity contribution < 1.29 is 9.53 Å². The Hall–Kier alpha value is -2.14. The molecule has 0 N–H and O–H groups in total. The van der Waals surface area contributed by atoms with E-state index in [1.54, 1.807) is 17.4 Å². The Kier molecular flexibility index (Phi) is 3.05. The zero-order valence-corrected chi connectivity index (χ0v) is 10.7. The molecule has 1 fully saturated rings. The first-order valence-corrected chi connectivity index (χ1v) is 6.28. The normalized spacial score (nSPS) is 18.8. The Morgan fingerprint density at radius 3 is 2.84 bits per heavy atom. The summed E-state index contributed by atoms with van der Waals surface area (Å²) in [6.45, 7) is 3.09. The molecule has 1 unspecified atom stereocenters. The van der Waals surface area contributed by atoms with Crippen molar-refractivity contribution in [1.82, 2.24) is 14.5 Å². The van der Waals surface area contributed by atoms with E-state index in [0.29, 0.717) is 13.2 Å². The zero-order valence-electron chi connectivity index (χ0n) is 10.7. The van der Waals surface area contributed by atoms with Crippen LogP contribution in [-0.4, -0.2) is 39.9 Å². The molecular weight excluding hydrogens is 242 g/mol. The molecule has 3 rings (SSSR count). The number of rotatable bonds is 1. The lowest BCUT2D eigenvalue weighted by atomic mass is 10.2.